The number of carbonyl (C=O) groups excluding carboxylic acids is 2. The molecule has 0 spiro atoms. The number of aromatic nitrogens is 1. The number of thiazole rings is 1. The molecule has 7 heteroatoms. The van der Waals surface area contributed by atoms with Crippen molar-refractivity contribution in [1.82, 2.24) is 9.88 Å². The lowest BCUT2D eigenvalue weighted by Crippen LogP contribution is -2.40. The van der Waals surface area contributed by atoms with Gasteiger partial charge < -0.3 is 14.4 Å². The third-order valence-electron chi connectivity index (χ3n) is 4.61. The maximum absolute atomic E-state index is 12.1. The van der Waals surface area contributed by atoms with E-state index < -0.39 is 5.97 Å². The molecule has 0 bridgehead atoms. The number of amides is 1. The minimum absolute atomic E-state index is 0.131. The van der Waals surface area contributed by atoms with Crippen LogP contribution in [0.3, 0.4) is 0 Å². The Kier molecular flexibility index (Phi) is 6.45. The number of ether oxygens (including phenoxy) is 2. The molecule has 144 valence electrons. The van der Waals surface area contributed by atoms with Crippen LogP contribution in [0.15, 0.2) is 29.6 Å². The molecule has 1 aromatic heterocycles. The van der Waals surface area contributed by atoms with Gasteiger partial charge in [0, 0.05) is 18.5 Å². The van der Waals surface area contributed by atoms with Crippen molar-refractivity contribution in [1.29, 1.82) is 0 Å². The molecule has 6 nitrogen and oxygen atoms in total. The molecule has 3 rings (SSSR count). The first-order valence-electron chi connectivity index (χ1n) is 9.10. The number of aryl methyl sites for hydroxylation is 1. The Balaban J connectivity index is 1.45. The van der Waals surface area contributed by atoms with Crippen LogP contribution in [0.1, 0.15) is 40.8 Å². The Morgan fingerprint density at radius 3 is 2.56 bits per heavy atom. The van der Waals surface area contributed by atoms with E-state index in [1.54, 1.807) is 40.5 Å². The quantitative estimate of drug-likeness (QED) is 0.709. The van der Waals surface area contributed by atoms with E-state index in [9.17, 15) is 9.59 Å². The highest BCUT2D eigenvalue weighted by molar-refractivity contribution is 7.09. The van der Waals surface area contributed by atoms with Gasteiger partial charge in [0.1, 0.15) is 12.4 Å². The van der Waals surface area contributed by atoms with Crippen LogP contribution in [-0.2, 0) is 16.1 Å². The van der Waals surface area contributed by atoms with Crippen LogP contribution < -0.4 is 4.74 Å². The molecule has 1 aromatic carbocycles. The number of piperidine rings is 1. The molecule has 0 unspecified atom stereocenters. The predicted molar refractivity (Wildman–Crippen MR) is 103 cm³/mol. The van der Waals surface area contributed by atoms with E-state index in [0.717, 1.165) is 36.6 Å². The number of likely N-dealkylation sites (tertiary alicyclic amines) is 1. The lowest BCUT2D eigenvalue weighted by Gasteiger charge is -2.30. The summed E-state index contributed by atoms with van der Waals surface area (Å²) in [4.78, 5) is 30.4. The number of hydrogen-bond acceptors (Lipinski definition) is 6. The lowest BCUT2D eigenvalue weighted by molar-refractivity contribution is -0.135. The average molecular weight is 388 g/mol. The fraction of sp³-hybridized carbons (Fsp3) is 0.450. The molecule has 2 heterocycles. The normalized spacial score (nSPS) is 14.8. The maximum Gasteiger partial charge on any atom is 0.338 e. The van der Waals surface area contributed by atoms with Gasteiger partial charge in [-0.15, -0.1) is 11.3 Å². The molecule has 2 aromatic rings. The van der Waals surface area contributed by atoms with Gasteiger partial charge in [-0.05, 0) is 49.9 Å². The molecule has 1 aliphatic heterocycles. The van der Waals surface area contributed by atoms with Crippen molar-refractivity contribution in [3.8, 4) is 5.75 Å². The van der Waals surface area contributed by atoms with Crippen LogP contribution in [-0.4, -0.2) is 41.5 Å². The van der Waals surface area contributed by atoms with Gasteiger partial charge in [-0.25, -0.2) is 9.78 Å². The summed E-state index contributed by atoms with van der Waals surface area (Å²) in [5, 5.41) is 2.96. The summed E-state index contributed by atoms with van der Waals surface area (Å²) in [6.45, 7) is 5.79. The number of nitrogens with zero attached hydrogens (tertiary/aromatic N) is 2. The molecular formula is C20H24N2O4S. The van der Waals surface area contributed by atoms with Crippen molar-refractivity contribution >= 4 is 23.2 Å². The van der Waals surface area contributed by atoms with Crippen molar-refractivity contribution in [2.45, 2.75) is 33.3 Å². The molecule has 0 N–H and O–H groups in total. The summed E-state index contributed by atoms with van der Waals surface area (Å²) in [6, 6.07) is 6.70. The molecule has 0 saturated carbocycles. The van der Waals surface area contributed by atoms with Crippen molar-refractivity contribution in [2.24, 2.45) is 5.92 Å². The Labute approximate surface area is 163 Å². The second-order valence-corrected chi connectivity index (χ2v) is 7.87. The van der Waals surface area contributed by atoms with E-state index >= 15 is 0 Å². The van der Waals surface area contributed by atoms with Gasteiger partial charge in [0.25, 0.3) is 5.91 Å². The van der Waals surface area contributed by atoms with Crippen LogP contribution >= 0.6 is 11.3 Å². The molecule has 1 saturated heterocycles. The second kappa shape index (κ2) is 8.99. The summed E-state index contributed by atoms with van der Waals surface area (Å²) in [5.74, 6) is 0.664. The predicted octanol–water partition coefficient (Wildman–Crippen LogP) is 3.45. The van der Waals surface area contributed by atoms with E-state index in [1.165, 1.54) is 0 Å². The molecule has 27 heavy (non-hydrogen) atoms. The van der Waals surface area contributed by atoms with Gasteiger partial charge in [0.2, 0.25) is 0 Å². The number of carbonyl (C=O) groups is 2. The Morgan fingerprint density at radius 2 is 1.93 bits per heavy atom. The van der Waals surface area contributed by atoms with Gasteiger partial charge in [-0.3, -0.25) is 4.79 Å². The molecule has 1 aliphatic rings. The molecule has 0 radical (unpaired) electrons. The standard InChI is InChI=1S/C20H24N2O4S/c1-14-7-9-22(10-8-14)19(23)12-26-20(24)16-3-5-18(6-4-16)25-11-17-13-27-15(2)21-17/h3-6,13-14H,7-12H2,1-2H3. The van der Waals surface area contributed by atoms with Crippen LogP contribution in [0.2, 0.25) is 0 Å². The van der Waals surface area contributed by atoms with Gasteiger partial charge in [-0.2, -0.15) is 0 Å². The van der Waals surface area contributed by atoms with E-state index in [4.69, 9.17) is 9.47 Å². The minimum Gasteiger partial charge on any atom is -0.487 e. The zero-order valence-electron chi connectivity index (χ0n) is 15.6. The Bertz CT molecular complexity index is 780. The second-order valence-electron chi connectivity index (χ2n) is 6.81. The number of hydrogen-bond donors (Lipinski definition) is 0. The first kappa shape index (κ1) is 19.4. The average Bonchev–Trinajstić information content (AvgIpc) is 3.10. The number of esters is 1. The highest BCUT2D eigenvalue weighted by Gasteiger charge is 2.21. The van der Waals surface area contributed by atoms with Crippen molar-refractivity contribution < 1.29 is 19.1 Å². The number of benzene rings is 1. The van der Waals surface area contributed by atoms with Gasteiger partial charge in [0.05, 0.1) is 16.3 Å². The topological polar surface area (TPSA) is 68.7 Å². The molecule has 0 atom stereocenters. The summed E-state index contributed by atoms with van der Waals surface area (Å²) in [5.41, 5.74) is 1.28. The van der Waals surface area contributed by atoms with Crippen molar-refractivity contribution in [3.63, 3.8) is 0 Å². The molecular weight excluding hydrogens is 364 g/mol. The van der Waals surface area contributed by atoms with Crippen LogP contribution in [0.5, 0.6) is 5.75 Å². The minimum atomic E-state index is -0.504. The zero-order valence-corrected chi connectivity index (χ0v) is 16.5. The van der Waals surface area contributed by atoms with E-state index in [2.05, 4.69) is 11.9 Å². The van der Waals surface area contributed by atoms with E-state index in [0.29, 0.717) is 23.8 Å². The molecule has 1 fully saturated rings. The highest BCUT2D eigenvalue weighted by Crippen LogP contribution is 2.17. The Hall–Kier alpha value is -2.41. The van der Waals surface area contributed by atoms with Crippen molar-refractivity contribution in [3.05, 3.63) is 45.9 Å². The first-order valence-corrected chi connectivity index (χ1v) is 9.98. The smallest absolute Gasteiger partial charge is 0.338 e. The van der Waals surface area contributed by atoms with Gasteiger partial charge in [0.15, 0.2) is 6.61 Å². The first-order chi connectivity index (χ1) is 13.0. The van der Waals surface area contributed by atoms with E-state index in [1.807, 2.05) is 12.3 Å². The Morgan fingerprint density at radius 1 is 1.22 bits per heavy atom. The third kappa shape index (κ3) is 5.53. The number of rotatable bonds is 6. The summed E-state index contributed by atoms with van der Waals surface area (Å²) in [7, 11) is 0. The third-order valence-corrected chi connectivity index (χ3v) is 5.43. The SMILES string of the molecule is Cc1nc(COc2ccc(C(=O)OCC(=O)N3CCC(C)CC3)cc2)cs1. The largest absolute Gasteiger partial charge is 0.487 e. The fourth-order valence-electron chi connectivity index (χ4n) is 2.88. The lowest BCUT2D eigenvalue weighted by atomic mass is 9.99. The van der Waals surface area contributed by atoms with Crippen molar-refractivity contribution in [2.75, 3.05) is 19.7 Å². The molecule has 0 aliphatic carbocycles. The zero-order chi connectivity index (χ0) is 19.2. The van der Waals surface area contributed by atoms with Gasteiger partial charge >= 0.3 is 5.97 Å². The summed E-state index contributed by atoms with van der Waals surface area (Å²) in [6.07, 6.45) is 2.00. The highest BCUT2D eigenvalue weighted by atomic mass is 32.1. The van der Waals surface area contributed by atoms with Gasteiger partial charge in [-0.1, -0.05) is 6.92 Å². The van der Waals surface area contributed by atoms with E-state index in [-0.39, 0.29) is 12.5 Å². The fourth-order valence-corrected chi connectivity index (χ4v) is 3.48. The maximum atomic E-state index is 12.1. The monoisotopic (exact) mass is 388 g/mol. The van der Waals surface area contributed by atoms with Crippen LogP contribution in [0, 0.1) is 12.8 Å². The van der Waals surface area contributed by atoms with Crippen LogP contribution in [0.25, 0.3) is 0 Å². The molecule has 1 amide bonds. The van der Waals surface area contributed by atoms with Crippen LogP contribution in [0.4, 0.5) is 0 Å². The summed E-state index contributed by atoms with van der Waals surface area (Å²) < 4.78 is 10.8. The summed E-state index contributed by atoms with van der Waals surface area (Å²) >= 11 is 1.58.